The highest BCUT2D eigenvalue weighted by molar-refractivity contribution is 5.57. The second-order valence-electron chi connectivity index (χ2n) is 9.92. The minimum Gasteiger partial charge on any atom is -0.423 e. The Kier molecular flexibility index (Phi) is 3.68. The summed E-state index contributed by atoms with van der Waals surface area (Å²) in [5.74, 6) is -1.27. The molecule has 1 saturated carbocycles. The van der Waals surface area contributed by atoms with Crippen LogP contribution in [0.3, 0.4) is 0 Å². The van der Waals surface area contributed by atoms with Gasteiger partial charge in [-0.05, 0) is 17.8 Å². The fourth-order valence-electron chi connectivity index (χ4n) is 8.00. The third-order valence-electron chi connectivity index (χ3n) is 7.20. The lowest BCUT2D eigenvalue weighted by Gasteiger charge is -2.84. The van der Waals surface area contributed by atoms with Crippen LogP contribution in [0.1, 0.15) is 69.2 Å². The van der Waals surface area contributed by atoms with E-state index < -0.39 is 16.6 Å². The van der Waals surface area contributed by atoms with Gasteiger partial charge in [0.25, 0.3) is 18.7 Å². The van der Waals surface area contributed by atoms with Crippen molar-refractivity contribution in [1.82, 2.24) is 0 Å². The highest BCUT2D eigenvalue weighted by Crippen LogP contribution is 2.88. The van der Waals surface area contributed by atoms with Gasteiger partial charge in [0, 0.05) is 5.41 Å². The Morgan fingerprint density at radius 1 is 0.833 bits per heavy atom. The molecule has 0 aromatic rings. The first-order valence-electron chi connectivity index (χ1n) is 8.60. The fourth-order valence-corrected chi connectivity index (χ4v) is 8.00. The number of carbonyl (C=O) groups excluding carboxylic acids is 2. The number of carbonyl (C=O) groups is 2. The van der Waals surface area contributed by atoms with Gasteiger partial charge in [-0.1, -0.05) is 73.5 Å². The van der Waals surface area contributed by atoms with Crippen molar-refractivity contribution >= 4 is 12.9 Å². The zero-order chi connectivity index (χ0) is 19.0. The third kappa shape index (κ3) is 1.48. The van der Waals surface area contributed by atoms with Crippen molar-refractivity contribution in [1.29, 1.82) is 0 Å². The van der Waals surface area contributed by atoms with E-state index in [1.807, 2.05) is 27.7 Å². The average Bonchev–Trinajstić information content (AvgIpc) is 2.34. The lowest BCUT2D eigenvalue weighted by molar-refractivity contribution is -0.450. The summed E-state index contributed by atoms with van der Waals surface area (Å²) in [6, 6.07) is 0. The molecule has 0 N–H and O–H groups in total. The van der Waals surface area contributed by atoms with Gasteiger partial charge in [-0.2, -0.15) is 0 Å². The molecular formula is C20H32O4. The molecule has 0 aliphatic heterocycles. The maximum absolute atomic E-state index is 11.2. The minimum atomic E-state index is -1.27. The highest BCUT2D eigenvalue weighted by atomic mass is 16.7. The molecule has 2 aliphatic rings. The van der Waals surface area contributed by atoms with E-state index in [-0.39, 0.29) is 16.2 Å². The number of allylic oxidation sites excluding steroid dienone is 2. The standard InChI is InChI=1S/C20H32O4/c1-13-14(15(2,3)4)16(5,6)19(13)17(7,8)20(23-11-21,24-12-22)18(19,9)10/h11-12H,1-10H3. The van der Waals surface area contributed by atoms with Crippen LogP contribution < -0.4 is 0 Å². The predicted molar refractivity (Wildman–Crippen MR) is 93.0 cm³/mol. The van der Waals surface area contributed by atoms with Crippen molar-refractivity contribution in [2.45, 2.75) is 75.0 Å². The summed E-state index contributed by atoms with van der Waals surface area (Å²) in [7, 11) is 0. The number of ether oxygens (including phenoxy) is 2. The van der Waals surface area contributed by atoms with Crippen LogP contribution in [0.4, 0.5) is 0 Å². The fraction of sp³-hybridized carbons (Fsp3) is 0.800. The second-order valence-corrected chi connectivity index (χ2v) is 9.92. The first-order valence-corrected chi connectivity index (χ1v) is 8.60. The topological polar surface area (TPSA) is 52.6 Å². The monoisotopic (exact) mass is 336 g/mol. The molecule has 0 radical (unpaired) electrons. The highest BCUT2D eigenvalue weighted by Gasteiger charge is 2.91. The van der Waals surface area contributed by atoms with Gasteiger partial charge in [0.05, 0.1) is 10.8 Å². The molecule has 0 aromatic carbocycles. The van der Waals surface area contributed by atoms with Gasteiger partial charge < -0.3 is 9.47 Å². The molecule has 0 bridgehead atoms. The Labute approximate surface area is 146 Å². The smallest absolute Gasteiger partial charge is 0.296 e. The molecule has 2 rings (SSSR count). The van der Waals surface area contributed by atoms with Crippen molar-refractivity contribution in [3.05, 3.63) is 11.1 Å². The van der Waals surface area contributed by atoms with Gasteiger partial charge in [-0.25, -0.2) is 0 Å². The zero-order valence-electron chi connectivity index (χ0n) is 16.8. The van der Waals surface area contributed by atoms with E-state index in [2.05, 4.69) is 41.5 Å². The molecular weight excluding hydrogens is 304 g/mol. The molecule has 0 atom stereocenters. The molecule has 1 fully saturated rings. The quantitative estimate of drug-likeness (QED) is 0.431. The lowest BCUT2D eigenvalue weighted by atomic mass is 9.21. The summed E-state index contributed by atoms with van der Waals surface area (Å²) >= 11 is 0. The normalized spacial score (nSPS) is 27.8. The molecule has 2 aliphatic carbocycles. The van der Waals surface area contributed by atoms with Crippen molar-refractivity contribution in [3.63, 3.8) is 0 Å². The van der Waals surface area contributed by atoms with Crippen molar-refractivity contribution in [3.8, 4) is 0 Å². The van der Waals surface area contributed by atoms with Gasteiger partial charge in [-0.15, -0.1) is 0 Å². The van der Waals surface area contributed by atoms with Gasteiger partial charge in [0.2, 0.25) is 0 Å². The lowest BCUT2D eigenvalue weighted by Crippen LogP contribution is -2.87. The molecule has 1 spiro atoms. The van der Waals surface area contributed by atoms with Crippen molar-refractivity contribution in [2.75, 3.05) is 0 Å². The van der Waals surface area contributed by atoms with E-state index in [0.29, 0.717) is 12.9 Å². The molecule has 0 amide bonds. The maximum atomic E-state index is 11.2. The number of rotatable bonds is 4. The molecule has 0 unspecified atom stereocenters. The van der Waals surface area contributed by atoms with Crippen LogP contribution in [-0.4, -0.2) is 18.7 Å². The molecule has 136 valence electrons. The Hall–Kier alpha value is -1.32. The van der Waals surface area contributed by atoms with E-state index in [0.717, 1.165) is 0 Å². The van der Waals surface area contributed by atoms with E-state index in [4.69, 9.17) is 9.47 Å². The largest absolute Gasteiger partial charge is 0.423 e. The van der Waals surface area contributed by atoms with E-state index in [1.54, 1.807) is 0 Å². The molecule has 0 aromatic heterocycles. The summed E-state index contributed by atoms with van der Waals surface area (Å²) in [4.78, 5) is 22.4. The Balaban J connectivity index is 2.77. The van der Waals surface area contributed by atoms with Crippen LogP contribution in [0, 0.1) is 27.1 Å². The molecule has 4 nitrogen and oxygen atoms in total. The van der Waals surface area contributed by atoms with Crippen LogP contribution in [-0.2, 0) is 19.1 Å². The Morgan fingerprint density at radius 3 is 1.46 bits per heavy atom. The molecule has 4 heteroatoms. The van der Waals surface area contributed by atoms with Crippen LogP contribution in [0.25, 0.3) is 0 Å². The summed E-state index contributed by atoms with van der Waals surface area (Å²) in [6.45, 7) is 22.3. The maximum Gasteiger partial charge on any atom is 0.296 e. The van der Waals surface area contributed by atoms with Crippen molar-refractivity contribution in [2.24, 2.45) is 27.1 Å². The first kappa shape index (κ1) is 19.0. The summed E-state index contributed by atoms with van der Waals surface area (Å²) < 4.78 is 10.9. The van der Waals surface area contributed by atoms with Gasteiger partial charge in [-0.3, -0.25) is 9.59 Å². The molecule has 24 heavy (non-hydrogen) atoms. The van der Waals surface area contributed by atoms with Crippen LogP contribution >= 0.6 is 0 Å². The van der Waals surface area contributed by atoms with Gasteiger partial charge >= 0.3 is 0 Å². The molecule has 0 saturated heterocycles. The predicted octanol–water partition coefficient (Wildman–Crippen LogP) is 4.48. The SMILES string of the molecule is CC1=C(C(C)(C)C)C(C)(C)C12C(C)(C)C(OC=O)(OC=O)C2(C)C. The van der Waals surface area contributed by atoms with E-state index in [9.17, 15) is 9.59 Å². The third-order valence-corrected chi connectivity index (χ3v) is 7.20. The Bertz CT molecular complexity index is 586. The van der Waals surface area contributed by atoms with Crippen molar-refractivity contribution < 1.29 is 19.1 Å². The summed E-state index contributed by atoms with van der Waals surface area (Å²) in [6.07, 6.45) is 0. The van der Waals surface area contributed by atoms with Crippen LogP contribution in [0.5, 0.6) is 0 Å². The van der Waals surface area contributed by atoms with Gasteiger partial charge in [0.15, 0.2) is 0 Å². The van der Waals surface area contributed by atoms with Crippen LogP contribution in [0.15, 0.2) is 11.1 Å². The van der Waals surface area contributed by atoms with E-state index >= 15 is 0 Å². The number of hydrogen-bond donors (Lipinski definition) is 0. The summed E-state index contributed by atoms with van der Waals surface area (Å²) in [5.41, 5.74) is 1.38. The minimum absolute atomic E-state index is 0.0558. The van der Waals surface area contributed by atoms with E-state index in [1.165, 1.54) is 11.1 Å². The second kappa shape index (κ2) is 4.64. The summed E-state index contributed by atoms with van der Waals surface area (Å²) in [5, 5.41) is 0. The Morgan fingerprint density at radius 2 is 1.21 bits per heavy atom. The zero-order valence-corrected chi connectivity index (χ0v) is 16.8. The average molecular weight is 336 g/mol. The van der Waals surface area contributed by atoms with Crippen LogP contribution in [0.2, 0.25) is 0 Å². The van der Waals surface area contributed by atoms with Gasteiger partial charge in [0.1, 0.15) is 0 Å². The number of hydrogen-bond acceptors (Lipinski definition) is 4. The first-order chi connectivity index (χ1) is 10.6. The molecule has 0 heterocycles.